The second-order valence-electron chi connectivity index (χ2n) is 5.11. The summed E-state index contributed by atoms with van der Waals surface area (Å²) in [5.74, 6) is 0. The van der Waals surface area contributed by atoms with Crippen LogP contribution in [0.3, 0.4) is 0 Å². The molecule has 0 bridgehead atoms. The van der Waals surface area contributed by atoms with E-state index in [1.165, 1.54) is 22.3 Å². The summed E-state index contributed by atoms with van der Waals surface area (Å²) in [6, 6.07) is 0. The first-order valence-corrected chi connectivity index (χ1v) is 8.70. The van der Waals surface area contributed by atoms with Crippen LogP contribution in [0.5, 0.6) is 0 Å². The Kier molecular flexibility index (Phi) is 15.7. The smallest absolute Gasteiger partial charge is 0.143 e. The third-order valence-electron chi connectivity index (χ3n) is 3.39. The van der Waals surface area contributed by atoms with Crippen molar-refractivity contribution in [3.63, 3.8) is 0 Å². The Morgan fingerprint density at radius 1 is 1.22 bits per heavy atom. The molecule has 1 nitrogen and oxygen atoms in total. The summed E-state index contributed by atoms with van der Waals surface area (Å²) in [6.07, 6.45) is 13.6. The fourth-order valence-electron chi connectivity index (χ4n) is 2.32. The molecule has 2 N–H and O–H groups in total. The lowest BCUT2D eigenvalue weighted by Gasteiger charge is -2.20. The van der Waals surface area contributed by atoms with Crippen molar-refractivity contribution in [2.75, 3.05) is 6.61 Å². The Balaban J connectivity index is 0. The van der Waals surface area contributed by atoms with E-state index in [2.05, 4.69) is 39.2 Å². The van der Waals surface area contributed by atoms with E-state index >= 15 is 0 Å². The van der Waals surface area contributed by atoms with Gasteiger partial charge in [-0.3, -0.25) is 0 Å². The van der Waals surface area contributed by atoms with Crippen molar-refractivity contribution >= 4 is 0 Å². The van der Waals surface area contributed by atoms with Crippen LogP contribution in [-0.2, 0) is 0 Å². The molecule has 0 aromatic heterocycles. The summed E-state index contributed by atoms with van der Waals surface area (Å²) in [7, 11) is 0. The van der Waals surface area contributed by atoms with E-state index in [1.807, 2.05) is 45.9 Å². The van der Waals surface area contributed by atoms with Gasteiger partial charge in [-0.1, -0.05) is 69.9 Å². The molecule has 0 aromatic rings. The normalized spacial score (nSPS) is 14.8. The molecule has 0 aromatic carbocycles. The summed E-state index contributed by atoms with van der Waals surface area (Å²) >= 11 is 0. The molecule has 0 unspecified atom stereocenters. The Morgan fingerprint density at radius 3 is 2.13 bits per heavy atom. The maximum absolute atomic E-state index is 6.45. The van der Waals surface area contributed by atoms with Gasteiger partial charge in [-0.05, 0) is 55.9 Å². The second kappa shape index (κ2) is 15.3. The minimum Gasteiger partial charge on any atom is -0.445 e. The van der Waals surface area contributed by atoms with Gasteiger partial charge in [0.1, 0.15) is 6.61 Å². The lowest BCUT2D eigenvalue weighted by atomic mass is 9.85. The average Bonchev–Trinajstić information content (AvgIpc) is 2.58. The van der Waals surface area contributed by atoms with Gasteiger partial charge in [0, 0.05) is 6.42 Å². The van der Waals surface area contributed by atoms with Gasteiger partial charge < -0.3 is 5.11 Å². The van der Waals surface area contributed by atoms with Gasteiger partial charge in [-0.15, -0.1) is 0 Å². The first-order chi connectivity index (χ1) is 11.1. The monoisotopic (exact) mass is 317 g/mol. The van der Waals surface area contributed by atoms with Gasteiger partial charge in [0.05, 0.1) is 0 Å². The van der Waals surface area contributed by atoms with Crippen molar-refractivity contribution in [3.05, 3.63) is 71.4 Å². The van der Waals surface area contributed by atoms with Gasteiger partial charge >= 0.3 is 0 Å². The van der Waals surface area contributed by atoms with Crippen molar-refractivity contribution in [2.45, 2.75) is 60.8 Å². The molecule has 0 atom stereocenters. The predicted molar refractivity (Wildman–Crippen MR) is 108 cm³/mol. The van der Waals surface area contributed by atoms with Crippen LogP contribution in [0.4, 0.5) is 0 Å². The number of hydrogen-bond donors (Lipinski definition) is 0. The van der Waals surface area contributed by atoms with Crippen molar-refractivity contribution in [2.24, 2.45) is 0 Å². The zero-order valence-electron chi connectivity index (χ0n) is 16.1. The van der Waals surface area contributed by atoms with Crippen LogP contribution in [-0.4, -0.2) is 11.7 Å². The zero-order chi connectivity index (χ0) is 18.3. The average molecular weight is 318 g/mol. The van der Waals surface area contributed by atoms with E-state index < -0.39 is 0 Å². The lowest BCUT2D eigenvalue weighted by Crippen LogP contribution is -2.01. The molecule has 1 aliphatic carbocycles. The summed E-state index contributed by atoms with van der Waals surface area (Å²) in [5.41, 5.74) is 6.49. The molecule has 130 valence electrons. The van der Waals surface area contributed by atoms with Gasteiger partial charge in [0.2, 0.25) is 0 Å². The molecule has 23 heavy (non-hydrogen) atoms. The van der Waals surface area contributed by atoms with Crippen LogP contribution < -0.4 is 0 Å². The van der Waals surface area contributed by atoms with E-state index in [-0.39, 0.29) is 0 Å². The highest BCUT2D eigenvalue weighted by molar-refractivity contribution is 5.59. The third-order valence-corrected chi connectivity index (χ3v) is 3.39. The number of rotatable bonds is 5. The molecule has 1 rings (SSSR count). The van der Waals surface area contributed by atoms with Gasteiger partial charge in [0.25, 0.3) is 0 Å². The molecule has 1 aliphatic rings. The van der Waals surface area contributed by atoms with Gasteiger partial charge in [-0.2, -0.15) is 0 Å². The Bertz CT molecular complexity index is 468. The number of hydrogen-bond acceptors (Lipinski definition) is 0. The summed E-state index contributed by atoms with van der Waals surface area (Å²) in [4.78, 5) is 0. The fraction of sp³-hybridized carbons (Fsp3) is 0.455. The molecular formula is C22H37O+. The quantitative estimate of drug-likeness (QED) is 0.411. The molecule has 0 saturated carbocycles. The Labute approximate surface area is 144 Å². The van der Waals surface area contributed by atoms with Crippen molar-refractivity contribution in [3.8, 4) is 0 Å². The lowest BCUT2D eigenvalue weighted by molar-refractivity contribution is 0.295. The number of allylic oxidation sites excluding steroid dienone is 10. The highest BCUT2D eigenvalue weighted by Gasteiger charge is 2.14. The van der Waals surface area contributed by atoms with Crippen LogP contribution in [0.15, 0.2) is 71.4 Å². The Hall–Kier alpha value is -1.60. The van der Waals surface area contributed by atoms with Crippen LogP contribution >= 0.6 is 0 Å². The molecule has 0 fully saturated rings. The molecule has 0 radical (unpaired) electrons. The highest BCUT2D eigenvalue weighted by Crippen LogP contribution is 2.32. The van der Waals surface area contributed by atoms with Crippen LogP contribution in [0.25, 0.3) is 0 Å². The van der Waals surface area contributed by atoms with Crippen LogP contribution in [0, 0.1) is 0 Å². The SMILES string of the molecule is C=CC(/C=C\C)=C(/C=C)C1=C(C)CCC=C1C.CC.CCC[OH2+]. The largest absolute Gasteiger partial charge is 0.445 e. The van der Waals surface area contributed by atoms with Gasteiger partial charge in [0.15, 0.2) is 0 Å². The second-order valence-corrected chi connectivity index (χ2v) is 5.11. The van der Waals surface area contributed by atoms with E-state index in [0.29, 0.717) is 6.61 Å². The molecular weight excluding hydrogens is 280 g/mol. The zero-order valence-corrected chi connectivity index (χ0v) is 16.1. The highest BCUT2D eigenvalue weighted by atomic mass is 16.2. The third kappa shape index (κ3) is 8.56. The van der Waals surface area contributed by atoms with E-state index in [4.69, 9.17) is 5.11 Å². The standard InChI is InChI=1S/C17H22.C3H8O.C2H6/c1-6-10-15(7-2)16(8-3)17-13(4)11-9-12-14(17)5;1-2-3-4;1-2/h6-8,10-11H,2-3,9,12H2,1,4-5H3;4H,2-3H2,1H3;1-2H3/p+1/b10-6-,16-15+;;. The molecule has 0 heterocycles. The van der Waals surface area contributed by atoms with Gasteiger partial charge in [-0.25, -0.2) is 0 Å². The van der Waals surface area contributed by atoms with Crippen molar-refractivity contribution < 1.29 is 5.11 Å². The predicted octanol–water partition coefficient (Wildman–Crippen LogP) is 6.43. The first kappa shape index (κ1) is 23.7. The molecule has 0 saturated heterocycles. The van der Waals surface area contributed by atoms with E-state index in [1.54, 1.807) is 0 Å². The minimum absolute atomic E-state index is 0.569. The fourth-order valence-corrected chi connectivity index (χ4v) is 2.32. The minimum atomic E-state index is 0.569. The molecule has 1 heteroatoms. The first-order valence-electron chi connectivity index (χ1n) is 8.70. The summed E-state index contributed by atoms with van der Waals surface area (Å²) < 4.78 is 0. The van der Waals surface area contributed by atoms with Crippen molar-refractivity contribution in [1.29, 1.82) is 0 Å². The molecule has 0 aliphatic heterocycles. The topological polar surface area (TPSA) is 22.9 Å². The Morgan fingerprint density at radius 2 is 1.78 bits per heavy atom. The van der Waals surface area contributed by atoms with Crippen LogP contribution in [0.2, 0.25) is 0 Å². The summed E-state index contributed by atoms with van der Waals surface area (Å²) in [6.45, 7) is 20.8. The molecule has 0 spiro atoms. The maximum atomic E-state index is 6.45. The van der Waals surface area contributed by atoms with E-state index in [0.717, 1.165) is 24.8 Å². The summed E-state index contributed by atoms with van der Waals surface area (Å²) in [5, 5.41) is 6.45. The van der Waals surface area contributed by atoms with Crippen molar-refractivity contribution in [1.82, 2.24) is 0 Å². The van der Waals surface area contributed by atoms with Crippen LogP contribution in [0.1, 0.15) is 60.8 Å². The molecule has 0 amide bonds. The maximum Gasteiger partial charge on any atom is 0.143 e. The van der Waals surface area contributed by atoms with E-state index in [9.17, 15) is 0 Å².